The van der Waals surface area contributed by atoms with Crippen molar-refractivity contribution in [3.8, 4) is 0 Å². The fraction of sp³-hybridized carbons (Fsp3) is 0.692. The van der Waals surface area contributed by atoms with E-state index in [-0.39, 0.29) is 0 Å². The normalized spacial score (nSPS) is 18.6. The van der Waals surface area contributed by atoms with Gasteiger partial charge in [-0.3, -0.25) is 0 Å². The van der Waals surface area contributed by atoms with Crippen LogP contribution in [0.3, 0.4) is 0 Å². The van der Waals surface area contributed by atoms with E-state index in [9.17, 15) is 0 Å². The van der Waals surface area contributed by atoms with Crippen molar-refractivity contribution in [3.05, 3.63) is 18.1 Å². The van der Waals surface area contributed by atoms with Gasteiger partial charge in [0.2, 0.25) is 0 Å². The molecule has 1 aromatic heterocycles. The van der Waals surface area contributed by atoms with Crippen LogP contribution < -0.4 is 5.32 Å². The maximum atomic E-state index is 4.28. The Morgan fingerprint density at radius 2 is 2.12 bits per heavy atom. The first-order valence-corrected chi connectivity index (χ1v) is 6.37. The van der Waals surface area contributed by atoms with Crippen molar-refractivity contribution in [2.24, 2.45) is 5.92 Å². The maximum absolute atomic E-state index is 4.28. The van der Waals surface area contributed by atoms with Crippen LogP contribution in [-0.4, -0.2) is 16.0 Å². The summed E-state index contributed by atoms with van der Waals surface area (Å²) in [6, 6.07) is 2.59. The third-order valence-electron chi connectivity index (χ3n) is 3.57. The van der Waals surface area contributed by atoms with Crippen LogP contribution in [0.4, 0.5) is 5.82 Å². The molecule has 1 aromatic rings. The average Bonchev–Trinajstić information content (AvgIpc) is 2.83. The number of aromatic nitrogens is 2. The molecule has 3 heteroatoms. The first-order chi connectivity index (χ1) is 7.79. The predicted octanol–water partition coefficient (Wildman–Crippen LogP) is 3.03. The number of hydrogen-bond acceptors (Lipinski definition) is 3. The Kier molecular flexibility index (Phi) is 3.75. The highest BCUT2D eigenvalue weighted by Crippen LogP contribution is 2.28. The van der Waals surface area contributed by atoms with E-state index in [0.29, 0.717) is 6.04 Å². The topological polar surface area (TPSA) is 37.8 Å². The monoisotopic (exact) mass is 219 g/mol. The molecule has 0 aliphatic heterocycles. The van der Waals surface area contributed by atoms with Crippen molar-refractivity contribution in [1.82, 2.24) is 9.97 Å². The van der Waals surface area contributed by atoms with Gasteiger partial charge < -0.3 is 5.32 Å². The van der Waals surface area contributed by atoms with E-state index in [1.165, 1.54) is 25.7 Å². The van der Waals surface area contributed by atoms with Gasteiger partial charge in [-0.25, -0.2) is 9.97 Å². The van der Waals surface area contributed by atoms with Gasteiger partial charge in [0.05, 0.1) is 0 Å². The van der Waals surface area contributed by atoms with Crippen molar-refractivity contribution in [3.63, 3.8) is 0 Å². The molecule has 0 aromatic carbocycles. The van der Waals surface area contributed by atoms with Crippen LogP contribution in [0.15, 0.2) is 12.4 Å². The number of hydrogen-bond donors (Lipinski definition) is 1. The van der Waals surface area contributed by atoms with Gasteiger partial charge in [0.15, 0.2) is 0 Å². The molecule has 0 radical (unpaired) electrons. The largest absolute Gasteiger partial charge is 0.367 e. The summed E-state index contributed by atoms with van der Waals surface area (Å²) in [6.07, 6.45) is 8.12. The van der Waals surface area contributed by atoms with Crippen LogP contribution in [0.2, 0.25) is 0 Å². The van der Waals surface area contributed by atoms with Crippen LogP contribution in [-0.2, 0) is 6.42 Å². The molecule has 0 bridgehead atoms. The lowest BCUT2D eigenvalue weighted by molar-refractivity contribution is 0.481. The van der Waals surface area contributed by atoms with E-state index >= 15 is 0 Å². The molecule has 0 saturated heterocycles. The van der Waals surface area contributed by atoms with Crippen molar-refractivity contribution in [2.75, 3.05) is 5.32 Å². The number of rotatable bonds is 4. The molecule has 1 N–H and O–H groups in total. The second kappa shape index (κ2) is 5.28. The van der Waals surface area contributed by atoms with Gasteiger partial charge in [0.25, 0.3) is 0 Å². The lowest BCUT2D eigenvalue weighted by atomic mass is 10.00. The van der Waals surface area contributed by atoms with Crippen LogP contribution in [0.25, 0.3) is 0 Å². The van der Waals surface area contributed by atoms with Crippen LogP contribution in [0.5, 0.6) is 0 Å². The molecule has 1 fully saturated rings. The standard InChI is InChI=1S/C13H21N3/c1-3-12-8-13(15-9-14-12)16-10(2)11-6-4-5-7-11/h8-11H,3-7H2,1-2H3,(H,14,15,16). The predicted molar refractivity (Wildman–Crippen MR) is 66.5 cm³/mol. The zero-order chi connectivity index (χ0) is 11.4. The van der Waals surface area contributed by atoms with Crippen LogP contribution in [0.1, 0.15) is 45.2 Å². The zero-order valence-corrected chi connectivity index (χ0v) is 10.2. The van der Waals surface area contributed by atoms with E-state index in [2.05, 4.69) is 35.2 Å². The number of nitrogens with zero attached hydrogens (tertiary/aromatic N) is 2. The summed E-state index contributed by atoms with van der Waals surface area (Å²) in [5, 5.41) is 3.51. The number of nitrogens with one attached hydrogen (secondary N) is 1. The molecule has 88 valence electrons. The lowest BCUT2D eigenvalue weighted by Crippen LogP contribution is -2.24. The highest BCUT2D eigenvalue weighted by atomic mass is 15.0. The van der Waals surface area contributed by atoms with Crippen molar-refractivity contribution >= 4 is 5.82 Å². The quantitative estimate of drug-likeness (QED) is 0.845. The van der Waals surface area contributed by atoms with Gasteiger partial charge in [0.1, 0.15) is 12.1 Å². The molecule has 1 heterocycles. The maximum Gasteiger partial charge on any atom is 0.129 e. The minimum Gasteiger partial charge on any atom is -0.367 e. The first-order valence-electron chi connectivity index (χ1n) is 6.37. The molecule has 1 aliphatic rings. The summed E-state index contributed by atoms with van der Waals surface area (Å²) in [6.45, 7) is 4.39. The summed E-state index contributed by atoms with van der Waals surface area (Å²) in [5.41, 5.74) is 1.11. The van der Waals surface area contributed by atoms with Gasteiger partial charge >= 0.3 is 0 Å². The minimum absolute atomic E-state index is 0.530. The Morgan fingerprint density at radius 1 is 1.38 bits per heavy atom. The third-order valence-corrected chi connectivity index (χ3v) is 3.57. The van der Waals surface area contributed by atoms with Gasteiger partial charge in [-0.05, 0) is 32.1 Å². The minimum atomic E-state index is 0.530. The second-order valence-electron chi connectivity index (χ2n) is 4.73. The highest BCUT2D eigenvalue weighted by molar-refractivity contribution is 5.36. The molecule has 1 aliphatic carbocycles. The molecule has 1 saturated carbocycles. The summed E-state index contributed by atoms with van der Waals surface area (Å²) in [4.78, 5) is 8.49. The molecule has 2 rings (SSSR count). The second-order valence-corrected chi connectivity index (χ2v) is 4.73. The molecule has 1 atom stereocenters. The third kappa shape index (κ3) is 2.71. The first kappa shape index (κ1) is 11.4. The molecule has 3 nitrogen and oxygen atoms in total. The van der Waals surface area contributed by atoms with E-state index < -0.39 is 0 Å². The number of aryl methyl sites for hydroxylation is 1. The molecule has 1 unspecified atom stereocenters. The van der Waals surface area contributed by atoms with Crippen LogP contribution >= 0.6 is 0 Å². The van der Waals surface area contributed by atoms with Crippen molar-refractivity contribution < 1.29 is 0 Å². The molecule has 0 spiro atoms. The Hall–Kier alpha value is -1.12. The van der Waals surface area contributed by atoms with Crippen molar-refractivity contribution in [2.45, 2.75) is 52.0 Å². The number of anilines is 1. The Labute approximate surface area is 97.7 Å². The molecular formula is C13H21N3. The van der Waals surface area contributed by atoms with Gasteiger partial charge in [0, 0.05) is 17.8 Å². The molecule has 16 heavy (non-hydrogen) atoms. The molecular weight excluding hydrogens is 198 g/mol. The summed E-state index contributed by atoms with van der Waals surface area (Å²) in [7, 11) is 0. The fourth-order valence-corrected chi connectivity index (χ4v) is 2.48. The lowest BCUT2D eigenvalue weighted by Gasteiger charge is -2.20. The Morgan fingerprint density at radius 3 is 2.81 bits per heavy atom. The SMILES string of the molecule is CCc1cc(NC(C)C2CCCC2)ncn1. The zero-order valence-electron chi connectivity index (χ0n) is 10.2. The van der Waals surface area contributed by atoms with Gasteiger partial charge in [-0.15, -0.1) is 0 Å². The van der Waals surface area contributed by atoms with E-state index in [0.717, 1.165) is 23.9 Å². The summed E-state index contributed by atoms with van der Waals surface area (Å²) >= 11 is 0. The van der Waals surface area contributed by atoms with E-state index in [1.54, 1.807) is 6.33 Å². The summed E-state index contributed by atoms with van der Waals surface area (Å²) in [5.74, 6) is 1.80. The van der Waals surface area contributed by atoms with Crippen LogP contribution in [0, 0.1) is 5.92 Å². The Balaban J connectivity index is 1.96. The van der Waals surface area contributed by atoms with Crippen molar-refractivity contribution in [1.29, 1.82) is 0 Å². The van der Waals surface area contributed by atoms with Gasteiger partial charge in [-0.2, -0.15) is 0 Å². The van der Waals surface area contributed by atoms with Gasteiger partial charge in [-0.1, -0.05) is 19.8 Å². The van der Waals surface area contributed by atoms with E-state index in [1.807, 2.05) is 0 Å². The summed E-state index contributed by atoms with van der Waals surface area (Å²) < 4.78 is 0. The average molecular weight is 219 g/mol. The fourth-order valence-electron chi connectivity index (χ4n) is 2.48. The molecule has 0 amide bonds. The van der Waals surface area contributed by atoms with E-state index in [4.69, 9.17) is 0 Å². The smallest absolute Gasteiger partial charge is 0.129 e. The highest BCUT2D eigenvalue weighted by Gasteiger charge is 2.21. The Bertz CT molecular complexity index is 332.